The first-order valence-corrected chi connectivity index (χ1v) is 10.6. The molecule has 3 aromatic rings. The quantitative estimate of drug-likeness (QED) is 0.334. The van der Waals surface area contributed by atoms with Crippen molar-refractivity contribution in [2.24, 2.45) is 0 Å². The van der Waals surface area contributed by atoms with Crippen LogP contribution in [0.25, 0.3) is 46.4 Å². The second-order valence-electron chi connectivity index (χ2n) is 6.64. The number of nitrogens with zero attached hydrogens (tertiary/aromatic N) is 2. The average Bonchev–Trinajstić information content (AvgIpc) is 3.38. The normalized spacial score (nSPS) is 12.5. The molecule has 5 rings (SSSR count). The standard InChI is InChI=1S/C20H14N4.CH4O3S/c1-2-14-10-16-5-6-18(23-16)12-20-8-7-19(24-20)11-17-4-3-15(22-17)9-13(1)21-14;1-5(2,3)4/h1-12,21-22H;1H3,(H,2,3,4). The highest BCUT2D eigenvalue weighted by Gasteiger charge is 2.02. The lowest BCUT2D eigenvalue weighted by Gasteiger charge is -1.86. The predicted molar refractivity (Wildman–Crippen MR) is 116 cm³/mol. The summed E-state index contributed by atoms with van der Waals surface area (Å²) in [5.41, 5.74) is 7.86. The van der Waals surface area contributed by atoms with Gasteiger partial charge in [-0.05, 0) is 72.8 Å². The molecule has 2 aliphatic rings. The molecule has 0 fully saturated rings. The molecule has 29 heavy (non-hydrogen) atoms. The van der Waals surface area contributed by atoms with Crippen LogP contribution in [0.4, 0.5) is 0 Å². The van der Waals surface area contributed by atoms with Gasteiger partial charge < -0.3 is 9.97 Å². The van der Waals surface area contributed by atoms with Gasteiger partial charge in [0.05, 0.1) is 29.0 Å². The summed E-state index contributed by atoms with van der Waals surface area (Å²) >= 11 is 0. The van der Waals surface area contributed by atoms with Crippen LogP contribution < -0.4 is 0 Å². The fourth-order valence-electron chi connectivity index (χ4n) is 2.94. The SMILES string of the molecule is C1=Cc2cc3ccc(cc4ccc(cc5nc(cc1n2)C=C5)[nH]4)[nH]3.CS(=O)(=O)O. The van der Waals surface area contributed by atoms with Crippen molar-refractivity contribution < 1.29 is 13.0 Å². The maximum Gasteiger partial charge on any atom is 0.261 e. The first kappa shape index (κ1) is 18.9. The molecule has 8 bridgehead atoms. The van der Waals surface area contributed by atoms with Crippen molar-refractivity contribution in [2.75, 3.05) is 6.26 Å². The highest BCUT2D eigenvalue weighted by Crippen LogP contribution is 2.17. The molecular weight excluding hydrogens is 388 g/mol. The van der Waals surface area contributed by atoms with E-state index in [0.717, 1.165) is 44.8 Å². The molecule has 0 spiro atoms. The third-order valence-corrected chi connectivity index (χ3v) is 4.04. The summed E-state index contributed by atoms with van der Waals surface area (Å²) in [7, 11) is -3.67. The minimum absolute atomic E-state index is 0.715. The number of rotatable bonds is 0. The molecule has 3 N–H and O–H groups in total. The Morgan fingerprint density at radius 1 is 0.655 bits per heavy atom. The van der Waals surface area contributed by atoms with Gasteiger partial charge in [-0.1, -0.05) is 0 Å². The molecule has 2 aliphatic heterocycles. The van der Waals surface area contributed by atoms with Crippen LogP contribution in [0.3, 0.4) is 0 Å². The van der Waals surface area contributed by atoms with E-state index < -0.39 is 10.1 Å². The third kappa shape index (κ3) is 5.28. The molecular formula is C21H18N4O3S. The molecule has 8 heteroatoms. The van der Waals surface area contributed by atoms with Gasteiger partial charge in [0, 0.05) is 22.1 Å². The molecule has 0 radical (unpaired) electrons. The summed E-state index contributed by atoms with van der Waals surface area (Å²) in [6.45, 7) is 0. The molecule has 0 aliphatic carbocycles. The van der Waals surface area contributed by atoms with Crippen LogP contribution in [0, 0.1) is 0 Å². The number of nitrogens with one attached hydrogen (secondary N) is 2. The van der Waals surface area contributed by atoms with Crippen molar-refractivity contribution in [1.82, 2.24) is 19.9 Å². The van der Waals surface area contributed by atoms with Crippen LogP contribution in [0.15, 0.2) is 48.5 Å². The summed E-state index contributed by atoms with van der Waals surface area (Å²) in [6.07, 6.45) is 8.76. The van der Waals surface area contributed by atoms with Crippen LogP contribution in [-0.4, -0.2) is 39.2 Å². The topological polar surface area (TPSA) is 112 Å². The molecule has 0 atom stereocenters. The third-order valence-electron chi connectivity index (χ3n) is 4.04. The van der Waals surface area contributed by atoms with Crippen LogP contribution in [0.2, 0.25) is 0 Å². The van der Waals surface area contributed by atoms with Crippen molar-refractivity contribution in [3.05, 3.63) is 71.3 Å². The average molecular weight is 406 g/mol. The number of hydrogen-bond donors (Lipinski definition) is 3. The van der Waals surface area contributed by atoms with Crippen molar-refractivity contribution in [1.29, 1.82) is 0 Å². The zero-order valence-corrected chi connectivity index (χ0v) is 16.3. The Bertz CT molecular complexity index is 1300. The fourth-order valence-corrected chi connectivity index (χ4v) is 2.94. The highest BCUT2D eigenvalue weighted by molar-refractivity contribution is 7.85. The second kappa shape index (κ2) is 7.50. The number of fused-ring (bicyclic) bond motifs is 8. The number of aromatic nitrogens is 4. The lowest BCUT2D eigenvalue weighted by atomic mass is 10.3. The van der Waals surface area contributed by atoms with Crippen molar-refractivity contribution in [3.63, 3.8) is 0 Å². The Morgan fingerprint density at radius 2 is 0.966 bits per heavy atom. The number of aromatic amines is 2. The largest absolute Gasteiger partial charge is 0.355 e. The van der Waals surface area contributed by atoms with Gasteiger partial charge in [-0.3, -0.25) is 4.55 Å². The summed E-state index contributed by atoms with van der Waals surface area (Å²) < 4.78 is 25.9. The van der Waals surface area contributed by atoms with E-state index in [1.165, 1.54) is 0 Å². The van der Waals surface area contributed by atoms with Gasteiger partial charge in [0.15, 0.2) is 0 Å². The van der Waals surface area contributed by atoms with Crippen LogP contribution >= 0.6 is 0 Å². The lowest BCUT2D eigenvalue weighted by Crippen LogP contribution is -1.88. The first-order chi connectivity index (χ1) is 13.8. The van der Waals surface area contributed by atoms with Gasteiger partial charge in [-0.15, -0.1) is 0 Å². The molecule has 7 nitrogen and oxygen atoms in total. The van der Waals surface area contributed by atoms with E-state index in [-0.39, 0.29) is 0 Å². The van der Waals surface area contributed by atoms with E-state index in [9.17, 15) is 8.42 Å². The van der Waals surface area contributed by atoms with E-state index in [0.29, 0.717) is 6.26 Å². The molecule has 0 saturated carbocycles. The Hall–Kier alpha value is -3.49. The summed E-state index contributed by atoms with van der Waals surface area (Å²) in [5, 5.41) is 0. The second-order valence-corrected chi connectivity index (χ2v) is 8.10. The molecule has 0 saturated heterocycles. The van der Waals surface area contributed by atoms with Gasteiger partial charge >= 0.3 is 0 Å². The van der Waals surface area contributed by atoms with Crippen LogP contribution in [-0.2, 0) is 10.1 Å². The van der Waals surface area contributed by atoms with Crippen molar-refractivity contribution >= 4 is 56.5 Å². The van der Waals surface area contributed by atoms with E-state index in [2.05, 4.69) is 50.3 Å². The van der Waals surface area contributed by atoms with Gasteiger partial charge in [0.25, 0.3) is 10.1 Å². The zero-order chi connectivity index (χ0) is 20.4. The fraction of sp³-hybridized carbons (Fsp3) is 0.0476. The van der Waals surface area contributed by atoms with E-state index in [1.807, 2.05) is 42.5 Å². The monoisotopic (exact) mass is 406 g/mol. The van der Waals surface area contributed by atoms with Crippen molar-refractivity contribution in [3.8, 4) is 0 Å². The molecule has 0 aromatic carbocycles. The van der Waals surface area contributed by atoms with Gasteiger partial charge in [-0.2, -0.15) is 8.42 Å². The maximum absolute atomic E-state index is 9.19. The minimum Gasteiger partial charge on any atom is -0.355 e. The number of hydrogen-bond acceptors (Lipinski definition) is 4. The first-order valence-electron chi connectivity index (χ1n) is 8.77. The Balaban J connectivity index is 0.000000369. The molecule has 5 heterocycles. The van der Waals surface area contributed by atoms with E-state index in [4.69, 9.17) is 4.55 Å². The molecule has 3 aromatic heterocycles. The zero-order valence-electron chi connectivity index (χ0n) is 15.5. The summed E-state index contributed by atoms with van der Waals surface area (Å²) in [5.74, 6) is 0. The molecule has 0 amide bonds. The minimum atomic E-state index is -3.67. The van der Waals surface area contributed by atoms with Crippen molar-refractivity contribution in [2.45, 2.75) is 0 Å². The number of H-pyrrole nitrogens is 2. The lowest BCUT2D eigenvalue weighted by molar-refractivity contribution is 0.490. The maximum atomic E-state index is 9.19. The summed E-state index contributed by atoms with van der Waals surface area (Å²) in [6, 6.07) is 16.4. The summed E-state index contributed by atoms with van der Waals surface area (Å²) in [4.78, 5) is 16.0. The van der Waals surface area contributed by atoms with E-state index in [1.54, 1.807) is 0 Å². The van der Waals surface area contributed by atoms with Crippen LogP contribution in [0.5, 0.6) is 0 Å². The predicted octanol–water partition coefficient (Wildman–Crippen LogP) is 4.16. The highest BCUT2D eigenvalue weighted by atomic mass is 32.2. The van der Waals surface area contributed by atoms with Crippen LogP contribution in [0.1, 0.15) is 22.8 Å². The van der Waals surface area contributed by atoms with Gasteiger partial charge in [0.1, 0.15) is 0 Å². The Labute approximate surface area is 167 Å². The Morgan fingerprint density at radius 3 is 1.34 bits per heavy atom. The van der Waals surface area contributed by atoms with E-state index >= 15 is 0 Å². The Kier molecular flexibility index (Phi) is 4.87. The van der Waals surface area contributed by atoms with Gasteiger partial charge in [0.2, 0.25) is 0 Å². The molecule has 0 unspecified atom stereocenters. The van der Waals surface area contributed by atoms with Gasteiger partial charge in [-0.25, -0.2) is 9.97 Å². The molecule has 146 valence electrons. The smallest absolute Gasteiger partial charge is 0.261 e.